The molecule has 4 heteroatoms. The number of fused-ring (bicyclic) bond motifs is 1. The monoisotopic (exact) mass is 389 g/mol. The fraction of sp³-hybridized carbons (Fsp3) is 0.360. The van der Waals surface area contributed by atoms with Gasteiger partial charge in [-0.25, -0.2) is 0 Å². The molecule has 29 heavy (non-hydrogen) atoms. The lowest BCUT2D eigenvalue weighted by molar-refractivity contribution is -0.146. The van der Waals surface area contributed by atoms with Crippen molar-refractivity contribution in [3.8, 4) is 0 Å². The first-order chi connectivity index (χ1) is 13.9. The van der Waals surface area contributed by atoms with Gasteiger partial charge in [-0.05, 0) is 61.9 Å². The van der Waals surface area contributed by atoms with Crippen molar-refractivity contribution in [1.82, 2.24) is 0 Å². The topological polar surface area (TPSA) is 55.4 Å². The number of carbonyl (C=O) groups is 2. The fourth-order valence-corrected chi connectivity index (χ4v) is 4.80. The summed E-state index contributed by atoms with van der Waals surface area (Å²) in [7, 11) is 0. The Kier molecular flexibility index (Phi) is 5.03. The number of cyclic esters (lactones) is 1. The summed E-state index contributed by atoms with van der Waals surface area (Å²) < 4.78 is 5.36. The molecule has 0 bridgehead atoms. The molecular weight excluding hydrogens is 362 g/mol. The number of hydrogen-bond donors (Lipinski definition) is 1. The highest BCUT2D eigenvalue weighted by Gasteiger charge is 2.55. The molecule has 1 saturated carbocycles. The molecule has 1 amide bonds. The van der Waals surface area contributed by atoms with Crippen molar-refractivity contribution >= 4 is 17.6 Å². The summed E-state index contributed by atoms with van der Waals surface area (Å²) in [6, 6.07) is 15.8. The van der Waals surface area contributed by atoms with Crippen LogP contribution in [-0.2, 0) is 20.7 Å². The van der Waals surface area contributed by atoms with Gasteiger partial charge in [-0.3, -0.25) is 9.59 Å². The lowest BCUT2D eigenvalue weighted by Gasteiger charge is -2.24. The van der Waals surface area contributed by atoms with Gasteiger partial charge in [0.05, 0.1) is 17.9 Å². The van der Waals surface area contributed by atoms with E-state index in [1.807, 2.05) is 62.4 Å². The van der Waals surface area contributed by atoms with E-state index in [9.17, 15) is 9.59 Å². The highest BCUT2D eigenvalue weighted by molar-refractivity contribution is 5.95. The second-order valence-corrected chi connectivity index (χ2v) is 8.52. The highest BCUT2D eigenvalue weighted by Crippen LogP contribution is 2.52. The molecule has 1 aliphatic heterocycles. The van der Waals surface area contributed by atoms with E-state index in [-0.39, 0.29) is 23.7 Å². The zero-order valence-electron chi connectivity index (χ0n) is 17.0. The SMILES string of the molecule is C=C1CC2COC(=O)C2(Cc2ccc(NC(=O)C(C)c3ccccc3C)cc2)C1. The Morgan fingerprint density at radius 3 is 2.69 bits per heavy atom. The number of hydrogen-bond acceptors (Lipinski definition) is 3. The number of esters is 1. The minimum Gasteiger partial charge on any atom is -0.465 e. The van der Waals surface area contributed by atoms with Gasteiger partial charge < -0.3 is 10.1 Å². The molecule has 4 nitrogen and oxygen atoms in total. The molecule has 2 aliphatic rings. The Labute approximate surface area is 172 Å². The normalized spacial score (nSPS) is 24.1. The van der Waals surface area contributed by atoms with Gasteiger partial charge in [0, 0.05) is 11.6 Å². The summed E-state index contributed by atoms with van der Waals surface area (Å²) in [6.45, 7) is 8.54. The maximum atomic E-state index is 12.7. The number of aryl methyl sites for hydroxylation is 1. The quantitative estimate of drug-likeness (QED) is 0.591. The second kappa shape index (κ2) is 7.51. The van der Waals surface area contributed by atoms with Gasteiger partial charge in [0.2, 0.25) is 5.91 Å². The van der Waals surface area contributed by atoms with Crippen LogP contribution in [0.4, 0.5) is 5.69 Å². The molecule has 1 heterocycles. The van der Waals surface area contributed by atoms with Crippen molar-refractivity contribution < 1.29 is 14.3 Å². The van der Waals surface area contributed by atoms with Crippen molar-refractivity contribution in [2.24, 2.45) is 11.3 Å². The molecule has 2 aromatic carbocycles. The summed E-state index contributed by atoms with van der Waals surface area (Å²) in [6.07, 6.45) is 2.24. The van der Waals surface area contributed by atoms with Crippen molar-refractivity contribution in [3.63, 3.8) is 0 Å². The van der Waals surface area contributed by atoms with Gasteiger partial charge in [0.25, 0.3) is 0 Å². The predicted octanol–water partition coefficient (Wildman–Crippen LogP) is 4.79. The minimum atomic E-state index is -0.457. The van der Waals surface area contributed by atoms with Crippen LogP contribution >= 0.6 is 0 Å². The second-order valence-electron chi connectivity index (χ2n) is 8.52. The van der Waals surface area contributed by atoms with Gasteiger partial charge in [-0.2, -0.15) is 0 Å². The third-order valence-electron chi connectivity index (χ3n) is 6.49. The summed E-state index contributed by atoms with van der Waals surface area (Å²) in [4.78, 5) is 25.1. The summed E-state index contributed by atoms with van der Waals surface area (Å²) >= 11 is 0. The van der Waals surface area contributed by atoms with Crippen LogP contribution in [0.3, 0.4) is 0 Å². The average Bonchev–Trinajstić information content (AvgIpc) is 3.17. The van der Waals surface area contributed by atoms with Crippen LogP contribution in [0.2, 0.25) is 0 Å². The molecule has 1 aliphatic carbocycles. The standard InChI is InChI=1S/C25H27NO3/c1-16-12-20-15-29-24(28)25(20,13-16)14-19-8-10-21(11-9-19)26-23(27)18(3)22-7-5-4-6-17(22)2/h4-11,18,20H,1,12-15H2,2-3H3,(H,26,27). The third kappa shape index (κ3) is 3.59. The Morgan fingerprint density at radius 1 is 1.24 bits per heavy atom. The minimum absolute atomic E-state index is 0.0304. The van der Waals surface area contributed by atoms with Crippen LogP contribution < -0.4 is 5.32 Å². The zero-order chi connectivity index (χ0) is 20.6. The van der Waals surface area contributed by atoms with E-state index in [1.165, 1.54) is 0 Å². The van der Waals surface area contributed by atoms with Gasteiger partial charge in [-0.15, -0.1) is 0 Å². The Balaban J connectivity index is 1.44. The first kappa shape index (κ1) is 19.4. The number of rotatable bonds is 5. The number of nitrogens with one attached hydrogen (secondary N) is 1. The third-order valence-corrected chi connectivity index (χ3v) is 6.49. The van der Waals surface area contributed by atoms with E-state index in [4.69, 9.17) is 4.74 Å². The maximum Gasteiger partial charge on any atom is 0.313 e. The van der Waals surface area contributed by atoms with Crippen molar-refractivity contribution in [2.45, 2.75) is 39.0 Å². The predicted molar refractivity (Wildman–Crippen MR) is 114 cm³/mol. The highest BCUT2D eigenvalue weighted by atomic mass is 16.5. The molecule has 4 rings (SSSR count). The Morgan fingerprint density at radius 2 is 1.97 bits per heavy atom. The van der Waals surface area contributed by atoms with Crippen molar-refractivity contribution in [2.75, 3.05) is 11.9 Å². The molecule has 0 radical (unpaired) electrons. The van der Waals surface area contributed by atoms with Crippen molar-refractivity contribution in [1.29, 1.82) is 0 Å². The van der Waals surface area contributed by atoms with Crippen LogP contribution in [0.25, 0.3) is 0 Å². The first-order valence-corrected chi connectivity index (χ1v) is 10.2. The number of carbonyl (C=O) groups excluding carboxylic acids is 2. The van der Waals surface area contributed by atoms with Gasteiger partial charge in [0.15, 0.2) is 0 Å². The van der Waals surface area contributed by atoms with E-state index >= 15 is 0 Å². The molecule has 0 aromatic heterocycles. The van der Waals surface area contributed by atoms with E-state index in [0.717, 1.165) is 34.4 Å². The maximum absolute atomic E-state index is 12.7. The van der Waals surface area contributed by atoms with Gasteiger partial charge >= 0.3 is 5.97 Å². The molecule has 1 N–H and O–H groups in total. The molecule has 3 atom stereocenters. The van der Waals surface area contributed by atoms with Crippen LogP contribution in [0, 0.1) is 18.3 Å². The summed E-state index contributed by atoms with van der Waals surface area (Å²) in [5.74, 6) is -0.118. The van der Waals surface area contributed by atoms with Crippen LogP contribution in [0.15, 0.2) is 60.7 Å². The largest absolute Gasteiger partial charge is 0.465 e. The molecule has 150 valence electrons. The van der Waals surface area contributed by atoms with Crippen LogP contribution in [-0.4, -0.2) is 18.5 Å². The lowest BCUT2D eigenvalue weighted by atomic mass is 9.75. The smallest absolute Gasteiger partial charge is 0.313 e. The van der Waals surface area contributed by atoms with E-state index in [1.54, 1.807) is 0 Å². The van der Waals surface area contributed by atoms with Gasteiger partial charge in [0.1, 0.15) is 0 Å². The zero-order valence-corrected chi connectivity index (χ0v) is 17.0. The number of benzene rings is 2. The number of amides is 1. The van der Waals surface area contributed by atoms with E-state index in [2.05, 4.69) is 11.9 Å². The summed E-state index contributed by atoms with van der Waals surface area (Å²) in [5, 5.41) is 3.00. The number of ether oxygens (including phenoxy) is 1. The molecule has 0 spiro atoms. The van der Waals surface area contributed by atoms with E-state index in [0.29, 0.717) is 19.4 Å². The molecule has 1 saturated heterocycles. The Bertz CT molecular complexity index is 962. The molecular formula is C25H27NO3. The van der Waals surface area contributed by atoms with Crippen LogP contribution in [0.5, 0.6) is 0 Å². The number of anilines is 1. The average molecular weight is 389 g/mol. The fourth-order valence-electron chi connectivity index (χ4n) is 4.80. The Hall–Kier alpha value is -2.88. The lowest BCUT2D eigenvalue weighted by Crippen LogP contribution is -2.31. The van der Waals surface area contributed by atoms with Crippen molar-refractivity contribution in [3.05, 3.63) is 77.4 Å². The van der Waals surface area contributed by atoms with Crippen LogP contribution in [0.1, 0.15) is 42.4 Å². The van der Waals surface area contributed by atoms with E-state index < -0.39 is 5.41 Å². The first-order valence-electron chi connectivity index (χ1n) is 10.2. The summed E-state index contributed by atoms with van der Waals surface area (Å²) in [5.41, 5.74) is 4.67. The molecule has 3 unspecified atom stereocenters. The molecule has 2 fully saturated rings. The number of allylic oxidation sites excluding steroid dienone is 1. The molecule has 2 aromatic rings. The van der Waals surface area contributed by atoms with Gasteiger partial charge in [-0.1, -0.05) is 48.6 Å².